The minimum atomic E-state index is 0.689. The molecule has 1 aromatic rings. The summed E-state index contributed by atoms with van der Waals surface area (Å²) in [6, 6.07) is 0. The van der Waals surface area contributed by atoms with E-state index in [9.17, 15) is 0 Å². The Kier molecular flexibility index (Phi) is 2.36. The zero-order valence-corrected chi connectivity index (χ0v) is 8.35. The van der Waals surface area contributed by atoms with E-state index in [0.717, 1.165) is 25.9 Å². The van der Waals surface area contributed by atoms with Gasteiger partial charge in [-0.2, -0.15) is 5.10 Å². The number of H-pyrrole nitrogens is 1. The third-order valence-corrected chi connectivity index (χ3v) is 2.49. The van der Waals surface area contributed by atoms with E-state index in [0.29, 0.717) is 5.92 Å². The lowest BCUT2D eigenvalue weighted by molar-refractivity contribution is 0.609. The first-order valence-electron chi connectivity index (χ1n) is 5.03. The summed E-state index contributed by atoms with van der Waals surface area (Å²) in [5.41, 5.74) is 4.02. The van der Waals surface area contributed by atoms with Crippen LogP contribution in [0.4, 0.5) is 0 Å². The molecule has 13 heavy (non-hydrogen) atoms. The number of nitrogens with one attached hydrogen (secondary N) is 2. The Hall–Kier alpha value is -0.830. The van der Waals surface area contributed by atoms with Crippen molar-refractivity contribution in [2.45, 2.75) is 33.2 Å². The Labute approximate surface area is 78.9 Å². The van der Waals surface area contributed by atoms with Crippen LogP contribution in [-0.4, -0.2) is 16.7 Å². The fraction of sp³-hybridized carbons (Fsp3) is 0.700. The van der Waals surface area contributed by atoms with Crippen LogP contribution < -0.4 is 5.32 Å². The number of rotatable bonds is 2. The highest BCUT2D eigenvalue weighted by atomic mass is 15.1. The number of aromatic amines is 1. The smallest absolute Gasteiger partial charge is 0.0672 e. The highest BCUT2D eigenvalue weighted by Crippen LogP contribution is 2.17. The molecule has 0 spiro atoms. The number of aromatic nitrogens is 2. The van der Waals surface area contributed by atoms with Gasteiger partial charge in [0.25, 0.3) is 0 Å². The van der Waals surface area contributed by atoms with Gasteiger partial charge in [-0.1, -0.05) is 13.8 Å². The molecule has 0 radical (unpaired) electrons. The molecule has 0 aliphatic carbocycles. The summed E-state index contributed by atoms with van der Waals surface area (Å²) in [4.78, 5) is 0. The molecule has 72 valence electrons. The first-order chi connectivity index (χ1) is 6.27. The number of hydrogen-bond donors (Lipinski definition) is 2. The average molecular weight is 179 g/mol. The molecule has 2 rings (SSSR count). The largest absolute Gasteiger partial charge is 0.312 e. The Bertz CT molecular complexity index is 288. The van der Waals surface area contributed by atoms with E-state index in [2.05, 4.69) is 29.4 Å². The minimum Gasteiger partial charge on any atom is -0.312 e. The second-order valence-electron chi connectivity index (χ2n) is 4.15. The number of nitrogens with zero attached hydrogens (tertiary/aromatic N) is 1. The maximum atomic E-state index is 4.37. The van der Waals surface area contributed by atoms with Gasteiger partial charge >= 0.3 is 0 Å². The lowest BCUT2D eigenvalue weighted by atomic mass is 10.0. The molecule has 2 N–H and O–H groups in total. The van der Waals surface area contributed by atoms with Gasteiger partial charge in [0.05, 0.1) is 5.69 Å². The Morgan fingerprint density at radius 1 is 1.46 bits per heavy atom. The zero-order valence-electron chi connectivity index (χ0n) is 8.35. The molecule has 0 unspecified atom stereocenters. The Morgan fingerprint density at radius 2 is 2.31 bits per heavy atom. The summed E-state index contributed by atoms with van der Waals surface area (Å²) < 4.78 is 0. The van der Waals surface area contributed by atoms with Gasteiger partial charge in [-0.05, 0) is 12.3 Å². The molecule has 0 bridgehead atoms. The number of fused-ring (bicyclic) bond motifs is 1. The van der Waals surface area contributed by atoms with Crippen molar-refractivity contribution in [1.29, 1.82) is 0 Å². The topological polar surface area (TPSA) is 40.7 Å². The third kappa shape index (κ3) is 1.75. The van der Waals surface area contributed by atoms with Crippen LogP contribution >= 0.6 is 0 Å². The van der Waals surface area contributed by atoms with E-state index in [1.165, 1.54) is 17.0 Å². The fourth-order valence-electron chi connectivity index (χ4n) is 1.84. The maximum absolute atomic E-state index is 4.37. The summed E-state index contributed by atoms with van der Waals surface area (Å²) in [6.45, 7) is 6.54. The molecule has 0 saturated heterocycles. The van der Waals surface area contributed by atoms with Gasteiger partial charge in [-0.25, -0.2) is 0 Å². The number of hydrogen-bond acceptors (Lipinski definition) is 2. The first kappa shape index (κ1) is 8.75. The third-order valence-electron chi connectivity index (χ3n) is 2.49. The van der Waals surface area contributed by atoms with Crippen molar-refractivity contribution in [3.63, 3.8) is 0 Å². The fourth-order valence-corrected chi connectivity index (χ4v) is 1.84. The van der Waals surface area contributed by atoms with Crippen molar-refractivity contribution >= 4 is 0 Å². The standard InChI is InChI=1S/C10H17N3/c1-7(2)5-10-8-6-11-4-3-9(8)12-13-10/h7,11H,3-6H2,1-2H3,(H,12,13). The van der Waals surface area contributed by atoms with Crippen LogP contribution in [0, 0.1) is 5.92 Å². The van der Waals surface area contributed by atoms with Crippen molar-refractivity contribution in [3.8, 4) is 0 Å². The minimum absolute atomic E-state index is 0.689. The zero-order chi connectivity index (χ0) is 9.26. The quantitative estimate of drug-likeness (QED) is 0.717. The average Bonchev–Trinajstić information content (AvgIpc) is 2.48. The van der Waals surface area contributed by atoms with Gasteiger partial charge in [-0.15, -0.1) is 0 Å². The van der Waals surface area contributed by atoms with E-state index in [1.54, 1.807) is 0 Å². The van der Waals surface area contributed by atoms with Crippen LogP contribution in [0.2, 0.25) is 0 Å². The van der Waals surface area contributed by atoms with Crippen molar-refractivity contribution in [3.05, 3.63) is 17.0 Å². The van der Waals surface area contributed by atoms with Gasteiger partial charge in [-0.3, -0.25) is 5.10 Å². The lowest BCUT2D eigenvalue weighted by Gasteiger charge is -2.13. The maximum Gasteiger partial charge on any atom is 0.0672 e. The van der Waals surface area contributed by atoms with Crippen molar-refractivity contribution in [1.82, 2.24) is 15.5 Å². The molecule has 0 fully saturated rings. The normalized spacial score (nSPS) is 16.2. The van der Waals surface area contributed by atoms with Gasteiger partial charge in [0, 0.05) is 30.8 Å². The monoisotopic (exact) mass is 179 g/mol. The second-order valence-corrected chi connectivity index (χ2v) is 4.15. The molecule has 2 heterocycles. The summed E-state index contributed by atoms with van der Waals surface area (Å²) >= 11 is 0. The first-order valence-corrected chi connectivity index (χ1v) is 5.03. The molecule has 1 aromatic heterocycles. The molecule has 0 amide bonds. The van der Waals surface area contributed by atoms with Gasteiger partial charge < -0.3 is 5.32 Å². The SMILES string of the molecule is CC(C)Cc1n[nH]c2c1CNCC2. The van der Waals surface area contributed by atoms with Crippen LogP contribution in [0.5, 0.6) is 0 Å². The highest BCUT2D eigenvalue weighted by Gasteiger charge is 2.16. The second kappa shape index (κ2) is 3.50. The Morgan fingerprint density at radius 3 is 3.08 bits per heavy atom. The van der Waals surface area contributed by atoms with E-state index in [1.807, 2.05) is 0 Å². The van der Waals surface area contributed by atoms with Crippen LogP contribution in [0.1, 0.15) is 30.8 Å². The van der Waals surface area contributed by atoms with Crippen LogP contribution in [0.25, 0.3) is 0 Å². The lowest BCUT2D eigenvalue weighted by Crippen LogP contribution is -2.23. The van der Waals surface area contributed by atoms with Crippen molar-refractivity contribution < 1.29 is 0 Å². The van der Waals surface area contributed by atoms with Crippen molar-refractivity contribution in [2.75, 3.05) is 6.54 Å². The molecule has 1 aliphatic rings. The summed E-state index contributed by atoms with van der Waals surface area (Å²) in [5.74, 6) is 0.689. The van der Waals surface area contributed by atoms with Gasteiger partial charge in [0.15, 0.2) is 0 Å². The molecule has 1 aliphatic heterocycles. The van der Waals surface area contributed by atoms with E-state index in [4.69, 9.17) is 0 Å². The molecule has 3 nitrogen and oxygen atoms in total. The predicted octanol–water partition coefficient (Wildman–Crippen LogP) is 1.25. The van der Waals surface area contributed by atoms with E-state index in [-0.39, 0.29) is 0 Å². The summed E-state index contributed by atoms with van der Waals surface area (Å²) in [7, 11) is 0. The van der Waals surface area contributed by atoms with E-state index >= 15 is 0 Å². The summed E-state index contributed by atoms with van der Waals surface area (Å²) in [5, 5.41) is 10.9. The molecule has 3 heteroatoms. The highest BCUT2D eigenvalue weighted by molar-refractivity contribution is 5.27. The van der Waals surface area contributed by atoms with Crippen molar-refractivity contribution in [2.24, 2.45) is 5.92 Å². The molecule has 0 saturated carbocycles. The molecule has 0 aromatic carbocycles. The molecule has 0 atom stereocenters. The molecular weight excluding hydrogens is 162 g/mol. The van der Waals surface area contributed by atoms with Gasteiger partial charge in [0.2, 0.25) is 0 Å². The predicted molar refractivity (Wildman–Crippen MR) is 52.5 cm³/mol. The van der Waals surface area contributed by atoms with Gasteiger partial charge in [0.1, 0.15) is 0 Å². The Balaban J connectivity index is 2.21. The van der Waals surface area contributed by atoms with Crippen LogP contribution in [-0.2, 0) is 19.4 Å². The van der Waals surface area contributed by atoms with E-state index < -0.39 is 0 Å². The van der Waals surface area contributed by atoms with Crippen LogP contribution in [0.3, 0.4) is 0 Å². The summed E-state index contributed by atoms with van der Waals surface area (Å²) in [6.07, 6.45) is 2.19. The molecular formula is C10H17N3. The van der Waals surface area contributed by atoms with Crippen LogP contribution in [0.15, 0.2) is 0 Å².